The number of amides is 2. The zero-order chi connectivity index (χ0) is 19.6. The Morgan fingerprint density at radius 3 is 2.63 bits per heavy atom. The molecule has 0 saturated carbocycles. The molecule has 0 aliphatic rings. The van der Waals surface area contributed by atoms with Crippen LogP contribution in [-0.4, -0.2) is 41.0 Å². The molecule has 2 amide bonds. The monoisotopic (exact) mass is 367 g/mol. The summed E-state index contributed by atoms with van der Waals surface area (Å²) in [5.74, 6) is -0.391. The molecular formula is C20H21N3O4. The molecule has 0 fully saturated rings. The number of benzene rings is 2. The van der Waals surface area contributed by atoms with E-state index >= 15 is 0 Å². The molecule has 7 nitrogen and oxygen atoms in total. The van der Waals surface area contributed by atoms with Gasteiger partial charge in [0.05, 0.1) is 13.5 Å². The van der Waals surface area contributed by atoms with Gasteiger partial charge in [-0.15, -0.1) is 0 Å². The molecule has 0 unspecified atom stereocenters. The number of rotatable bonds is 6. The lowest BCUT2D eigenvalue weighted by Gasteiger charge is -2.18. The van der Waals surface area contributed by atoms with Gasteiger partial charge in [0.2, 0.25) is 5.91 Å². The number of ether oxygens (including phenoxy) is 1. The molecule has 3 rings (SSSR count). The number of nitrogens with one attached hydrogen (secondary N) is 1. The molecule has 27 heavy (non-hydrogen) atoms. The summed E-state index contributed by atoms with van der Waals surface area (Å²) in [4.78, 5) is 29.1. The standard InChI is InChI=1S/C20H21N3O4/c1-23(11-12-7-8-17(27-2)16(24)9-12)20(26)19-14(10-18(21)25)13-5-3-4-6-15(13)22-19/h3-9,22,24H,10-11H2,1-2H3,(H2,21,25). The van der Waals surface area contributed by atoms with E-state index in [0.29, 0.717) is 17.0 Å². The molecule has 7 heteroatoms. The highest BCUT2D eigenvalue weighted by Gasteiger charge is 2.22. The van der Waals surface area contributed by atoms with Gasteiger partial charge in [-0.1, -0.05) is 24.3 Å². The first-order chi connectivity index (χ1) is 12.9. The maximum Gasteiger partial charge on any atom is 0.270 e. The van der Waals surface area contributed by atoms with Crippen molar-refractivity contribution in [3.63, 3.8) is 0 Å². The molecule has 0 radical (unpaired) electrons. The normalized spacial score (nSPS) is 10.7. The second-order valence-electron chi connectivity index (χ2n) is 6.33. The van der Waals surface area contributed by atoms with Crippen molar-refractivity contribution in [2.45, 2.75) is 13.0 Å². The van der Waals surface area contributed by atoms with Crippen LogP contribution in [0.3, 0.4) is 0 Å². The summed E-state index contributed by atoms with van der Waals surface area (Å²) in [7, 11) is 3.13. The first kappa shape index (κ1) is 18.3. The van der Waals surface area contributed by atoms with Crippen LogP contribution in [0.5, 0.6) is 11.5 Å². The van der Waals surface area contributed by atoms with Crippen molar-refractivity contribution in [2.75, 3.05) is 14.2 Å². The number of aromatic hydroxyl groups is 1. The van der Waals surface area contributed by atoms with Crippen LogP contribution in [0.4, 0.5) is 0 Å². The number of fused-ring (bicyclic) bond motifs is 1. The van der Waals surface area contributed by atoms with Crippen LogP contribution in [-0.2, 0) is 17.8 Å². The van der Waals surface area contributed by atoms with Gasteiger partial charge >= 0.3 is 0 Å². The Bertz CT molecular complexity index is 1010. The van der Waals surface area contributed by atoms with Gasteiger partial charge in [-0.2, -0.15) is 0 Å². The van der Waals surface area contributed by atoms with E-state index in [1.54, 1.807) is 25.2 Å². The van der Waals surface area contributed by atoms with Gasteiger partial charge in [0, 0.05) is 24.5 Å². The Morgan fingerprint density at radius 1 is 1.22 bits per heavy atom. The minimum absolute atomic E-state index is 0.0101. The molecule has 0 atom stereocenters. The third-order valence-electron chi connectivity index (χ3n) is 4.39. The Morgan fingerprint density at radius 2 is 1.96 bits per heavy atom. The van der Waals surface area contributed by atoms with Crippen molar-refractivity contribution in [1.82, 2.24) is 9.88 Å². The van der Waals surface area contributed by atoms with Crippen LogP contribution in [0.1, 0.15) is 21.6 Å². The minimum Gasteiger partial charge on any atom is -0.504 e. The van der Waals surface area contributed by atoms with Crippen molar-refractivity contribution in [1.29, 1.82) is 0 Å². The predicted octanol–water partition coefficient (Wildman–Crippen LogP) is 2.18. The number of hydrogen-bond acceptors (Lipinski definition) is 4. The quantitative estimate of drug-likeness (QED) is 0.620. The number of methoxy groups -OCH3 is 1. The third kappa shape index (κ3) is 3.72. The number of H-pyrrole nitrogens is 1. The molecule has 0 bridgehead atoms. The van der Waals surface area contributed by atoms with Gasteiger partial charge in [-0.05, 0) is 29.3 Å². The van der Waals surface area contributed by atoms with E-state index in [1.165, 1.54) is 12.0 Å². The van der Waals surface area contributed by atoms with Crippen LogP contribution in [0.25, 0.3) is 10.9 Å². The number of carbonyl (C=O) groups is 2. The summed E-state index contributed by atoms with van der Waals surface area (Å²) >= 11 is 0. The van der Waals surface area contributed by atoms with Crippen molar-refractivity contribution < 1.29 is 19.4 Å². The summed E-state index contributed by atoms with van der Waals surface area (Å²) in [5, 5.41) is 10.7. The number of primary amides is 1. The number of hydrogen-bond donors (Lipinski definition) is 3. The van der Waals surface area contributed by atoms with Gasteiger partial charge in [-0.3, -0.25) is 9.59 Å². The van der Waals surface area contributed by atoms with Crippen LogP contribution >= 0.6 is 0 Å². The molecule has 1 aromatic heterocycles. The highest BCUT2D eigenvalue weighted by atomic mass is 16.5. The smallest absolute Gasteiger partial charge is 0.270 e. The zero-order valence-corrected chi connectivity index (χ0v) is 15.2. The number of carbonyl (C=O) groups excluding carboxylic acids is 2. The Labute approximate surface area is 156 Å². The maximum absolute atomic E-state index is 13.0. The highest BCUT2D eigenvalue weighted by Crippen LogP contribution is 2.28. The molecule has 140 valence electrons. The largest absolute Gasteiger partial charge is 0.504 e. The van der Waals surface area contributed by atoms with Gasteiger partial charge in [0.1, 0.15) is 5.69 Å². The SMILES string of the molecule is COc1ccc(CN(C)C(=O)c2[nH]c3ccccc3c2CC(N)=O)cc1O. The van der Waals surface area contributed by atoms with Crippen LogP contribution < -0.4 is 10.5 Å². The molecule has 0 aliphatic heterocycles. The van der Waals surface area contributed by atoms with Crippen molar-refractivity contribution >= 4 is 22.7 Å². The van der Waals surface area contributed by atoms with Crippen LogP contribution in [0.15, 0.2) is 42.5 Å². The Kier molecular flexibility index (Phi) is 5.03. The molecule has 0 saturated heterocycles. The van der Waals surface area contributed by atoms with Crippen molar-refractivity contribution in [2.24, 2.45) is 5.73 Å². The summed E-state index contributed by atoms with van der Waals surface area (Å²) < 4.78 is 5.03. The molecule has 1 heterocycles. The fourth-order valence-corrected chi connectivity index (χ4v) is 3.11. The lowest BCUT2D eigenvalue weighted by atomic mass is 10.1. The van der Waals surface area contributed by atoms with E-state index in [4.69, 9.17) is 10.5 Å². The second-order valence-corrected chi connectivity index (χ2v) is 6.33. The van der Waals surface area contributed by atoms with Gasteiger partial charge < -0.3 is 25.5 Å². The number of para-hydroxylation sites is 1. The predicted molar refractivity (Wildman–Crippen MR) is 102 cm³/mol. The number of aromatic amines is 1. The fraction of sp³-hybridized carbons (Fsp3) is 0.200. The summed E-state index contributed by atoms with van der Waals surface area (Å²) in [6, 6.07) is 12.4. The Balaban J connectivity index is 1.90. The first-order valence-electron chi connectivity index (χ1n) is 8.40. The van der Waals surface area contributed by atoms with E-state index in [0.717, 1.165) is 16.5 Å². The second kappa shape index (κ2) is 7.41. The number of aromatic nitrogens is 1. The number of phenolic OH excluding ortho intramolecular Hbond substituents is 1. The molecule has 0 aliphatic carbocycles. The molecule has 0 spiro atoms. The Hall–Kier alpha value is -3.48. The third-order valence-corrected chi connectivity index (χ3v) is 4.39. The molecule has 4 N–H and O–H groups in total. The van der Waals surface area contributed by atoms with E-state index in [1.807, 2.05) is 24.3 Å². The van der Waals surface area contributed by atoms with E-state index in [2.05, 4.69) is 4.98 Å². The highest BCUT2D eigenvalue weighted by molar-refractivity contribution is 6.02. The number of nitrogens with zero attached hydrogens (tertiary/aromatic N) is 1. The first-order valence-corrected chi connectivity index (χ1v) is 8.40. The molecule has 2 aromatic carbocycles. The lowest BCUT2D eigenvalue weighted by molar-refractivity contribution is -0.117. The average molecular weight is 367 g/mol. The van der Waals surface area contributed by atoms with Crippen LogP contribution in [0.2, 0.25) is 0 Å². The van der Waals surface area contributed by atoms with E-state index < -0.39 is 5.91 Å². The van der Waals surface area contributed by atoms with Gasteiger partial charge in [0.25, 0.3) is 5.91 Å². The van der Waals surface area contributed by atoms with Crippen LogP contribution in [0, 0.1) is 0 Å². The van der Waals surface area contributed by atoms with Crippen molar-refractivity contribution in [3.05, 3.63) is 59.3 Å². The molecule has 3 aromatic rings. The summed E-state index contributed by atoms with van der Waals surface area (Å²) in [6.07, 6.45) is -0.0255. The summed E-state index contributed by atoms with van der Waals surface area (Å²) in [6.45, 7) is 0.280. The number of phenols is 1. The van der Waals surface area contributed by atoms with E-state index in [-0.39, 0.29) is 24.6 Å². The average Bonchev–Trinajstić information content (AvgIpc) is 2.99. The van der Waals surface area contributed by atoms with Gasteiger partial charge in [0.15, 0.2) is 11.5 Å². The topological polar surface area (TPSA) is 109 Å². The van der Waals surface area contributed by atoms with E-state index in [9.17, 15) is 14.7 Å². The summed E-state index contributed by atoms with van der Waals surface area (Å²) in [5.41, 5.74) is 7.82. The fourth-order valence-electron chi connectivity index (χ4n) is 3.11. The van der Waals surface area contributed by atoms with Gasteiger partial charge in [-0.25, -0.2) is 0 Å². The maximum atomic E-state index is 13.0. The lowest BCUT2D eigenvalue weighted by Crippen LogP contribution is -2.28. The minimum atomic E-state index is -0.503. The molecular weight excluding hydrogens is 346 g/mol. The van der Waals surface area contributed by atoms with Crippen molar-refractivity contribution in [3.8, 4) is 11.5 Å². The number of nitrogens with two attached hydrogens (primary N) is 1. The zero-order valence-electron chi connectivity index (χ0n) is 15.2.